The lowest BCUT2D eigenvalue weighted by atomic mass is 10.1. The van der Waals surface area contributed by atoms with E-state index in [2.05, 4.69) is 15.6 Å². The Kier molecular flexibility index (Phi) is 6.51. The largest absolute Gasteiger partial charge is 0.356 e. The summed E-state index contributed by atoms with van der Waals surface area (Å²) in [5.41, 5.74) is 2.86. The van der Waals surface area contributed by atoms with E-state index >= 15 is 0 Å². The fourth-order valence-corrected chi connectivity index (χ4v) is 4.63. The normalized spacial score (nSPS) is 14.1. The highest BCUT2D eigenvalue weighted by Crippen LogP contribution is 2.29. The number of nitrogens with zero attached hydrogens (tertiary/aromatic N) is 2. The molecule has 1 aliphatic rings. The van der Waals surface area contributed by atoms with Crippen LogP contribution in [0.25, 0.3) is 0 Å². The van der Waals surface area contributed by atoms with E-state index in [0.29, 0.717) is 25.5 Å². The van der Waals surface area contributed by atoms with E-state index in [0.717, 1.165) is 23.2 Å². The third-order valence-corrected chi connectivity index (χ3v) is 6.45. The van der Waals surface area contributed by atoms with Crippen molar-refractivity contribution in [2.24, 2.45) is 4.99 Å². The molecular weight excluding hydrogens is 379 g/mol. The van der Waals surface area contributed by atoms with E-state index in [1.165, 1.54) is 16.4 Å². The van der Waals surface area contributed by atoms with Crippen molar-refractivity contribution in [1.29, 1.82) is 0 Å². The zero-order chi connectivity index (χ0) is 20.0. The molecule has 0 atom stereocenters. The standard InChI is InChI=1S/C20H25FN4O2S/c1-22-20(23-12-10-16-6-8-18(21)9-7-16)24-13-15-28(26,27)25-14-11-17-4-2-3-5-19(17)25/h2-9H,10-15H2,1H3,(H2,22,23,24). The van der Waals surface area contributed by atoms with Crippen LogP contribution in [0.5, 0.6) is 0 Å². The highest BCUT2D eigenvalue weighted by Gasteiger charge is 2.28. The Morgan fingerprint density at radius 3 is 2.57 bits per heavy atom. The maximum Gasteiger partial charge on any atom is 0.236 e. The van der Waals surface area contributed by atoms with Gasteiger partial charge in [0.15, 0.2) is 5.96 Å². The molecular formula is C20H25FN4O2S. The Morgan fingerprint density at radius 1 is 1.11 bits per heavy atom. The van der Waals surface area contributed by atoms with Gasteiger partial charge in [-0.2, -0.15) is 0 Å². The van der Waals surface area contributed by atoms with Crippen LogP contribution in [-0.2, 0) is 22.9 Å². The first-order chi connectivity index (χ1) is 13.5. The number of nitrogens with one attached hydrogen (secondary N) is 2. The van der Waals surface area contributed by atoms with E-state index in [9.17, 15) is 12.8 Å². The molecule has 28 heavy (non-hydrogen) atoms. The van der Waals surface area contributed by atoms with Crippen LogP contribution in [-0.4, -0.2) is 46.8 Å². The van der Waals surface area contributed by atoms with E-state index in [1.54, 1.807) is 19.2 Å². The van der Waals surface area contributed by atoms with Gasteiger partial charge in [-0.1, -0.05) is 30.3 Å². The highest BCUT2D eigenvalue weighted by molar-refractivity contribution is 7.92. The second-order valence-electron chi connectivity index (χ2n) is 6.57. The van der Waals surface area contributed by atoms with Crippen LogP contribution < -0.4 is 14.9 Å². The molecule has 6 nitrogen and oxygen atoms in total. The molecule has 1 heterocycles. The molecule has 0 unspecified atom stereocenters. The van der Waals surface area contributed by atoms with E-state index < -0.39 is 10.0 Å². The van der Waals surface area contributed by atoms with Gasteiger partial charge in [0.2, 0.25) is 10.0 Å². The molecule has 0 fully saturated rings. The van der Waals surface area contributed by atoms with Crippen LogP contribution >= 0.6 is 0 Å². The molecule has 0 amide bonds. The molecule has 0 aromatic heterocycles. The Morgan fingerprint density at radius 2 is 1.82 bits per heavy atom. The van der Waals surface area contributed by atoms with Crippen molar-refractivity contribution in [1.82, 2.24) is 10.6 Å². The molecule has 3 rings (SSSR count). The van der Waals surface area contributed by atoms with Crippen molar-refractivity contribution >= 4 is 21.7 Å². The third-order valence-electron chi connectivity index (χ3n) is 4.68. The SMILES string of the molecule is CN=C(NCCc1ccc(F)cc1)NCCS(=O)(=O)N1CCc2ccccc21. The molecule has 1 aliphatic heterocycles. The van der Waals surface area contributed by atoms with Crippen LogP contribution in [0.15, 0.2) is 53.5 Å². The minimum Gasteiger partial charge on any atom is -0.356 e. The van der Waals surface area contributed by atoms with Crippen molar-refractivity contribution in [2.75, 3.05) is 36.7 Å². The van der Waals surface area contributed by atoms with Gasteiger partial charge in [-0.05, 0) is 42.2 Å². The van der Waals surface area contributed by atoms with Crippen molar-refractivity contribution in [3.63, 3.8) is 0 Å². The fraction of sp³-hybridized carbons (Fsp3) is 0.350. The number of fused-ring (bicyclic) bond motifs is 1. The second kappa shape index (κ2) is 9.05. The lowest BCUT2D eigenvalue weighted by Crippen LogP contribution is -2.42. The molecule has 0 bridgehead atoms. The summed E-state index contributed by atoms with van der Waals surface area (Å²) in [6.45, 7) is 1.36. The van der Waals surface area contributed by atoms with Crippen molar-refractivity contribution in [3.8, 4) is 0 Å². The minimum atomic E-state index is -3.39. The Bertz CT molecular complexity index is 929. The first-order valence-corrected chi connectivity index (χ1v) is 10.9. The molecule has 150 valence electrons. The maximum absolute atomic E-state index is 12.9. The fourth-order valence-electron chi connectivity index (χ4n) is 3.20. The second-order valence-corrected chi connectivity index (χ2v) is 8.58. The van der Waals surface area contributed by atoms with Crippen LogP contribution in [0.3, 0.4) is 0 Å². The number of halogens is 1. The molecule has 0 saturated heterocycles. The average molecular weight is 405 g/mol. The van der Waals surface area contributed by atoms with Gasteiger partial charge in [0, 0.05) is 26.7 Å². The highest BCUT2D eigenvalue weighted by atomic mass is 32.2. The number of rotatable bonds is 7. The van der Waals surface area contributed by atoms with Gasteiger partial charge in [-0.15, -0.1) is 0 Å². The molecule has 0 spiro atoms. The molecule has 2 aromatic rings. The summed E-state index contributed by atoms with van der Waals surface area (Å²) in [6, 6.07) is 14.0. The molecule has 0 aliphatic carbocycles. The van der Waals surface area contributed by atoms with Crippen molar-refractivity contribution in [3.05, 3.63) is 65.5 Å². The third kappa shape index (κ3) is 5.01. The average Bonchev–Trinajstić information content (AvgIpc) is 3.13. The quantitative estimate of drug-likeness (QED) is 0.546. The summed E-state index contributed by atoms with van der Waals surface area (Å²) in [7, 11) is -1.75. The zero-order valence-corrected chi connectivity index (χ0v) is 16.7. The van der Waals surface area contributed by atoms with Crippen LogP contribution in [0.1, 0.15) is 11.1 Å². The van der Waals surface area contributed by atoms with Gasteiger partial charge < -0.3 is 10.6 Å². The van der Waals surface area contributed by atoms with Gasteiger partial charge in [-0.3, -0.25) is 9.30 Å². The number of benzene rings is 2. The summed E-state index contributed by atoms with van der Waals surface area (Å²) in [5, 5.41) is 6.18. The number of hydrogen-bond donors (Lipinski definition) is 2. The van der Waals surface area contributed by atoms with E-state index in [4.69, 9.17) is 0 Å². The molecule has 2 N–H and O–H groups in total. The molecule has 8 heteroatoms. The lowest BCUT2D eigenvalue weighted by Gasteiger charge is -2.20. The Labute approximate surface area is 165 Å². The lowest BCUT2D eigenvalue weighted by molar-refractivity contribution is 0.590. The number of aliphatic imine (C=N–C) groups is 1. The van der Waals surface area contributed by atoms with E-state index in [-0.39, 0.29) is 18.1 Å². The number of guanidine groups is 1. The molecule has 0 saturated carbocycles. The minimum absolute atomic E-state index is 0.0139. The van der Waals surface area contributed by atoms with Crippen molar-refractivity contribution in [2.45, 2.75) is 12.8 Å². The van der Waals surface area contributed by atoms with E-state index in [1.807, 2.05) is 24.3 Å². The first kappa shape index (κ1) is 20.1. The van der Waals surface area contributed by atoms with Gasteiger partial charge in [-0.25, -0.2) is 12.8 Å². The number of anilines is 1. The Hall–Kier alpha value is -2.61. The predicted octanol–water partition coefficient (Wildman–Crippen LogP) is 1.93. The van der Waals surface area contributed by atoms with Gasteiger partial charge in [0.1, 0.15) is 5.82 Å². The predicted molar refractivity (Wildman–Crippen MR) is 111 cm³/mol. The van der Waals surface area contributed by atoms with Crippen molar-refractivity contribution < 1.29 is 12.8 Å². The molecule has 0 radical (unpaired) electrons. The zero-order valence-electron chi connectivity index (χ0n) is 15.9. The summed E-state index contributed by atoms with van der Waals surface area (Å²) >= 11 is 0. The first-order valence-electron chi connectivity index (χ1n) is 9.27. The maximum atomic E-state index is 12.9. The summed E-state index contributed by atoms with van der Waals surface area (Å²) in [4.78, 5) is 4.11. The van der Waals surface area contributed by atoms with Crippen LogP contribution in [0.2, 0.25) is 0 Å². The number of hydrogen-bond acceptors (Lipinski definition) is 3. The van der Waals surface area contributed by atoms with Crippen LogP contribution in [0.4, 0.5) is 10.1 Å². The molecule has 2 aromatic carbocycles. The number of para-hydroxylation sites is 1. The van der Waals surface area contributed by atoms with Gasteiger partial charge in [0.05, 0.1) is 11.4 Å². The Balaban J connectivity index is 1.46. The van der Waals surface area contributed by atoms with Gasteiger partial charge in [0.25, 0.3) is 0 Å². The summed E-state index contributed by atoms with van der Waals surface area (Å²) < 4.78 is 39.8. The summed E-state index contributed by atoms with van der Waals surface area (Å²) in [6.07, 6.45) is 1.46. The van der Waals surface area contributed by atoms with Gasteiger partial charge >= 0.3 is 0 Å². The summed E-state index contributed by atoms with van der Waals surface area (Å²) in [5.74, 6) is 0.273. The monoisotopic (exact) mass is 404 g/mol. The number of sulfonamides is 1. The van der Waals surface area contributed by atoms with Crippen LogP contribution in [0, 0.1) is 5.82 Å². The smallest absolute Gasteiger partial charge is 0.236 e. The topological polar surface area (TPSA) is 73.8 Å².